The van der Waals surface area contributed by atoms with E-state index in [1.165, 1.54) is 0 Å². The molecule has 0 amide bonds. The van der Waals surface area contributed by atoms with Gasteiger partial charge in [0, 0.05) is 11.1 Å². The fraction of sp³-hybridized carbons (Fsp3) is 0.250. The van der Waals surface area contributed by atoms with Gasteiger partial charge in [0.2, 0.25) is 0 Å². The van der Waals surface area contributed by atoms with Gasteiger partial charge in [-0.3, -0.25) is 0 Å². The van der Waals surface area contributed by atoms with Gasteiger partial charge in [-0.05, 0) is 49.2 Å². The van der Waals surface area contributed by atoms with Crippen molar-refractivity contribution in [1.29, 1.82) is 0 Å². The standard InChI is InChI=1S/C24H26O6/c1-17(2)23(25)29-15-19-5-9-21(10-6-19)27-13-14-28-22-11-7-20(8-12-22)16-30-24(26)18(3)4/h5-12H,1,3,13-16H2,2,4H3. The summed E-state index contributed by atoms with van der Waals surface area (Å²) in [6.45, 7) is 11.4. The molecule has 0 saturated carbocycles. The summed E-state index contributed by atoms with van der Waals surface area (Å²) in [6, 6.07) is 14.6. The van der Waals surface area contributed by atoms with Crippen molar-refractivity contribution in [3.8, 4) is 11.5 Å². The summed E-state index contributed by atoms with van der Waals surface area (Å²) < 4.78 is 21.5. The first-order valence-electron chi connectivity index (χ1n) is 9.44. The smallest absolute Gasteiger partial charge is 0.333 e. The van der Waals surface area contributed by atoms with E-state index in [1.54, 1.807) is 13.8 Å². The first kappa shape index (κ1) is 22.7. The number of hydrogen-bond donors (Lipinski definition) is 0. The van der Waals surface area contributed by atoms with Gasteiger partial charge in [0.1, 0.15) is 37.9 Å². The number of rotatable bonds is 11. The molecule has 0 bridgehead atoms. The van der Waals surface area contributed by atoms with Gasteiger partial charge in [0.25, 0.3) is 0 Å². The number of esters is 2. The molecule has 0 aromatic heterocycles. The van der Waals surface area contributed by atoms with Crippen LogP contribution in [0.1, 0.15) is 25.0 Å². The molecule has 30 heavy (non-hydrogen) atoms. The minimum absolute atomic E-state index is 0.192. The fourth-order valence-corrected chi connectivity index (χ4v) is 2.23. The van der Waals surface area contributed by atoms with E-state index in [1.807, 2.05) is 48.5 Å². The van der Waals surface area contributed by atoms with Gasteiger partial charge in [-0.2, -0.15) is 0 Å². The minimum atomic E-state index is -0.409. The summed E-state index contributed by atoms with van der Waals surface area (Å²) in [4.78, 5) is 22.8. The molecule has 0 radical (unpaired) electrons. The normalized spacial score (nSPS) is 10.1. The van der Waals surface area contributed by atoms with Crippen LogP contribution in [0.3, 0.4) is 0 Å². The van der Waals surface area contributed by atoms with E-state index >= 15 is 0 Å². The second kappa shape index (κ2) is 11.5. The Morgan fingerprint density at radius 1 is 0.667 bits per heavy atom. The van der Waals surface area contributed by atoms with Gasteiger partial charge in [0.05, 0.1) is 0 Å². The SMILES string of the molecule is C=C(C)C(=O)OCc1ccc(OCCOc2ccc(COC(=O)C(=C)C)cc2)cc1. The predicted molar refractivity (Wildman–Crippen MR) is 113 cm³/mol. The van der Waals surface area contributed by atoms with Crippen molar-refractivity contribution in [2.45, 2.75) is 27.1 Å². The molecule has 0 atom stereocenters. The van der Waals surface area contributed by atoms with Gasteiger partial charge in [-0.15, -0.1) is 0 Å². The van der Waals surface area contributed by atoms with Crippen LogP contribution in [-0.2, 0) is 32.3 Å². The fourth-order valence-electron chi connectivity index (χ4n) is 2.23. The van der Waals surface area contributed by atoms with E-state index in [2.05, 4.69) is 13.2 Å². The lowest BCUT2D eigenvalue weighted by molar-refractivity contribution is -0.141. The second-order valence-electron chi connectivity index (χ2n) is 6.70. The molecule has 6 heteroatoms. The summed E-state index contributed by atoms with van der Waals surface area (Å²) in [5.74, 6) is 0.577. The highest BCUT2D eigenvalue weighted by Gasteiger charge is 2.05. The molecule has 2 rings (SSSR count). The van der Waals surface area contributed by atoms with Crippen molar-refractivity contribution in [2.24, 2.45) is 0 Å². The summed E-state index contributed by atoms with van der Waals surface area (Å²) in [5.41, 5.74) is 2.47. The third-order valence-electron chi connectivity index (χ3n) is 3.90. The van der Waals surface area contributed by atoms with Crippen molar-refractivity contribution >= 4 is 11.9 Å². The van der Waals surface area contributed by atoms with Crippen LogP contribution >= 0.6 is 0 Å². The van der Waals surface area contributed by atoms with Crippen molar-refractivity contribution in [1.82, 2.24) is 0 Å². The molecule has 0 saturated heterocycles. The van der Waals surface area contributed by atoms with E-state index in [0.717, 1.165) is 11.1 Å². The van der Waals surface area contributed by atoms with Crippen LogP contribution in [0.25, 0.3) is 0 Å². The first-order valence-corrected chi connectivity index (χ1v) is 9.44. The lowest BCUT2D eigenvalue weighted by Crippen LogP contribution is -2.09. The molecule has 158 valence electrons. The largest absolute Gasteiger partial charge is 0.490 e. The van der Waals surface area contributed by atoms with Crippen LogP contribution < -0.4 is 9.47 Å². The van der Waals surface area contributed by atoms with Gasteiger partial charge in [-0.1, -0.05) is 37.4 Å². The number of benzene rings is 2. The van der Waals surface area contributed by atoms with Gasteiger partial charge in [0.15, 0.2) is 0 Å². The van der Waals surface area contributed by atoms with Crippen molar-refractivity contribution in [3.05, 3.63) is 84.0 Å². The van der Waals surface area contributed by atoms with Crippen LogP contribution in [0.2, 0.25) is 0 Å². The van der Waals surface area contributed by atoms with E-state index in [-0.39, 0.29) is 13.2 Å². The summed E-state index contributed by atoms with van der Waals surface area (Å²) in [6.07, 6.45) is 0. The topological polar surface area (TPSA) is 71.1 Å². The highest BCUT2D eigenvalue weighted by atomic mass is 16.5. The van der Waals surface area contributed by atoms with Gasteiger partial charge in [-0.25, -0.2) is 9.59 Å². The minimum Gasteiger partial charge on any atom is -0.490 e. The van der Waals surface area contributed by atoms with Crippen LogP contribution in [0, 0.1) is 0 Å². The van der Waals surface area contributed by atoms with Gasteiger partial charge >= 0.3 is 11.9 Å². The molecule has 0 aliphatic rings. The van der Waals surface area contributed by atoms with Crippen LogP contribution in [0.4, 0.5) is 0 Å². The maximum absolute atomic E-state index is 11.4. The maximum Gasteiger partial charge on any atom is 0.333 e. The molecule has 6 nitrogen and oxygen atoms in total. The Morgan fingerprint density at radius 2 is 1.00 bits per heavy atom. The van der Waals surface area contributed by atoms with E-state index in [4.69, 9.17) is 18.9 Å². The highest BCUT2D eigenvalue weighted by Crippen LogP contribution is 2.15. The Morgan fingerprint density at radius 3 is 1.30 bits per heavy atom. The Kier molecular flexibility index (Phi) is 8.69. The molecular formula is C24H26O6. The molecular weight excluding hydrogens is 384 g/mol. The Hall–Kier alpha value is -3.54. The van der Waals surface area contributed by atoms with E-state index < -0.39 is 11.9 Å². The molecule has 2 aromatic carbocycles. The van der Waals surface area contributed by atoms with Crippen molar-refractivity contribution in [3.63, 3.8) is 0 Å². The predicted octanol–water partition coefficient (Wildman–Crippen LogP) is 4.38. The lowest BCUT2D eigenvalue weighted by Gasteiger charge is -2.10. The van der Waals surface area contributed by atoms with Crippen LogP contribution in [0.15, 0.2) is 72.8 Å². The van der Waals surface area contributed by atoms with Crippen LogP contribution in [-0.4, -0.2) is 25.2 Å². The number of carbonyl (C=O) groups excluding carboxylic acids is 2. The summed E-state index contributed by atoms with van der Waals surface area (Å²) >= 11 is 0. The molecule has 0 N–H and O–H groups in total. The molecule has 0 fully saturated rings. The zero-order valence-corrected chi connectivity index (χ0v) is 17.3. The third-order valence-corrected chi connectivity index (χ3v) is 3.90. The second-order valence-corrected chi connectivity index (χ2v) is 6.70. The van der Waals surface area contributed by atoms with Crippen molar-refractivity contribution < 1.29 is 28.5 Å². The molecule has 0 aliphatic heterocycles. The molecule has 0 spiro atoms. The number of ether oxygens (including phenoxy) is 4. The third kappa shape index (κ3) is 7.83. The molecule has 0 heterocycles. The molecule has 0 unspecified atom stereocenters. The van der Waals surface area contributed by atoms with E-state index in [0.29, 0.717) is 35.9 Å². The van der Waals surface area contributed by atoms with E-state index in [9.17, 15) is 9.59 Å². The molecule has 0 aliphatic carbocycles. The monoisotopic (exact) mass is 410 g/mol. The van der Waals surface area contributed by atoms with Crippen molar-refractivity contribution in [2.75, 3.05) is 13.2 Å². The Balaban J connectivity index is 1.68. The van der Waals surface area contributed by atoms with Crippen LogP contribution in [0.5, 0.6) is 11.5 Å². The average Bonchev–Trinajstić information content (AvgIpc) is 2.74. The maximum atomic E-state index is 11.4. The number of hydrogen-bond acceptors (Lipinski definition) is 6. The van der Waals surface area contributed by atoms with Gasteiger partial charge < -0.3 is 18.9 Å². The lowest BCUT2D eigenvalue weighted by atomic mass is 10.2. The first-order chi connectivity index (χ1) is 14.3. The zero-order valence-electron chi connectivity index (χ0n) is 17.3. The summed E-state index contributed by atoms with van der Waals surface area (Å²) in [5, 5.41) is 0. The highest BCUT2D eigenvalue weighted by molar-refractivity contribution is 5.87. The summed E-state index contributed by atoms with van der Waals surface area (Å²) in [7, 11) is 0. The number of carbonyl (C=O) groups is 2. The molecule has 2 aromatic rings. The quantitative estimate of drug-likeness (QED) is 0.311. The Bertz CT molecular complexity index is 805. The average molecular weight is 410 g/mol. The Labute approximate surface area is 176 Å². The zero-order chi connectivity index (χ0) is 21.9.